The summed E-state index contributed by atoms with van der Waals surface area (Å²) in [6.45, 7) is 7.11. The second-order valence-electron chi connectivity index (χ2n) is 5.06. The predicted molar refractivity (Wildman–Crippen MR) is 74.4 cm³/mol. The molecular weight excluding hydrogens is 241 g/mol. The topological polar surface area (TPSA) is 29.9 Å². The van der Waals surface area contributed by atoms with Crippen molar-refractivity contribution in [2.24, 2.45) is 7.05 Å². The van der Waals surface area contributed by atoms with Crippen LogP contribution in [0.4, 0.5) is 4.39 Å². The van der Waals surface area contributed by atoms with Crippen molar-refractivity contribution < 1.29 is 4.39 Å². The summed E-state index contributed by atoms with van der Waals surface area (Å²) in [4.78, 5) is 0. The maximum atomic E-state index is 13.5. The molecule has 4 heteroatoms. The summed E-state index contributed by atoms with van der Waals surface area (Å²) < 4.78 is 15.3. The Bertz CT molecular complexity index is 564. The van der Waals surface area contributed by atoms with Crippen LogP contribution in [0, 0.1) is 26.6 Å². The molecule has 0 spiro atoms. The first kappa shape index (κ1) is 13.7. The summed E-state index contributed by atoms with van der Waals surface area (Å²) in [5.74, 6) is -0.105. The molecule has 0 unspecified atom stereocenters. The molecule has 2 aromatic rings. The highest BCUT2D eigenvalue weighted by Gasteiger charge is 2.05. The van der Waals surface area contributed by atoms with Gasteiger partial charge in [-0.3, -0.25) is 4.68 Å². The zero-order valence-corrected chi connectivity index (χ0v) is 11.9. The quantitative estimate of drug-likeness (QED) is 0.917. The first-order chi connectivity index (χ1) is 8.97. The lowest BCUT2D eigenvalue weighted by molar-refractivity contribution is 0.606. The average Bonchev–Trinajstić information content (AvgIpc) is 2.65. The number of hydrogen-bond acceptors (Lipinski definition) is 2. The van der Waals surface area contributed by atoms with Gasteiger partial charge in [0.1, 0.15) is 5.82 Å². The molecule has 1 N–H and O–H groups in total. The number of hydrogen-bond donors (Lipinski definition) is 1. The number of rotatable bonds is 4. The number of aromatic nitrogens is 2. The average molecular weight is 261 g/mol. The fraction of sp³-hybridized carbons (Fsp3) is 0.400. The molecule has 1 aromatic heterocycles. The second-order valence-corrected chi connectivity index (χ2v) is 5.06. The molecule has 0 aliphatic rings. The number of halogens is 1. The normalized spacial score (nSPS) is 11.0. The highest BCUT2D eigenvalue weighted by molar-refractivity contribution is 5.30. The molecule has 1 aromatic carbocycles. The fourth-order valence-corrected chi connectivity index (χ4v) is 2.30. The Labute approximate surface area is 113 Å². The van der Waals surface area contributed by atoms with Gasteiger partial charge in [0.05, 0.1) is 5.69 Å². The van der Waals surface area contributed by atoms with Crippen molar-refractivity contribution in [3.05, 3.63) is 52.1 Å². The van der Waals surface area contributed by atoms with Crippen LogP contribution in [0.2, 0.25) is 0 Å². The molecule has 0 fully saturated rings. The van der Waals surface area contributed by atoms with E-state index in [1.54, 1.807) is 13.8 Å². The van der Waals surface area contributed by atoms with Crippen molar-refractivity contribution in [3.8, 4) is 0 Å². The van der Waals surface area contributed by atoms with Crippen molar-refractivity contribution in [2.75, 3.05) is 0 Å². The van der Waals surface area contributed by atoms with E-state index < -0.39 is 0 Å². The van der Waals surface area contributed by atoms with Crippen LogP contribution in [-0.2, 0) is 20.1 Å². The molecule has 2 rings (SSSR count). The largest absolute Gasteiger partial charge is 0.308 e. The molecule has 102 valence electrons. The zero-order valence-electron chi connectivity index (χ0n) is 11.9. The van der Waals surface area contributed by atoms with Crippen LogP contribution in [0.25, 0.3) is 0 Å². The van der Waals surface area contributed by atoms with Gasteiger partial charge in [-0.25, -0.2) is 4.39 Å². The molecule has 0 atom stereocenters. The lowest BCUT2D eigenvalue weighted by Crippen LogP contribution is -2.13. The third kappa shape index (κ3) is 3.20. The molecule has 19 heavy (non-hydrogen) atoms. The minimum atomic E-state index is -0.105. The first-order valence-electron chi connectivity index (χ1n) is 6.43. The summed E-state index contributed by atoms with van der Waals surface area (Å²) in [6.07, 6.45) is 2.02. The van der Waals surface area contributed by atoms with Crippen LogP contribution in [0.3, 0.4) is 0 Å². The van der Waals surface area contributed by atoms with E-state index in [1.807, 2.05) is 37.0 Å². The molecule has 1 heterocycles. The maximum absolute atomic E-state index is 13.5. The standard InChI is InChI=1S/C15H20FN3/c1-10-5-13(6-11(2)15(10)16)7-17-8-14-9-19(4)18-12(14)3/h5-6,9,17H,7-8H2,1-4H3. The Balaban J connectivity index is 1.98. The summed E-state index contributed by atoms with van der Waals surface area (Å²) in [5, 5.41) is 7.67. The second kappa shape index (κ2) is 5.53. The highest BCUT2D eigenvalue weighted by atomic mass is 19.1. The molecule has 0 bridgehead atoms. The van der Waals surface area contributed by atoms with Crippen LogP contribution in [0.5, 0.6) is 0 Å². The van der Waals surface area contributed by atoms with Gasteiger partial charge < -0.3 is 5.32 Å². The van der Waals surface area contributed by atoms with Gasteiger partial charge in [-0.15, -0.1) is 0 Å². The van der Waals surface area contributed by atoms with E-state index in [0.717, 1.165) is 24.3 Å². The van der Waals surface area contributed by atoms with Gasteiger partial charge in [0.25, 0.3) is 0 Å². The fourth-order valence-electron chi connectivity index (χ4n) is 2.30. The number of aryl methyl sites for hydroxylation is 4. The van der Waals surface area contributed by atoms with Crippen LogP contribution in [0.1, 0.15) is 27.9 Å². The number of nitrogens with one attached hydrogen (secondary N) is 1. The SMILES string of the molecule is Cc1cc(CNCc2cn(C)nc2C)cc(C)c1F. The van der Waals surface area contributed by atoms with E-state index in [4.69, 9.17) is 0 Å². The van der Waals surface area contributed by atoms with Gasteiger partial charge >= 0.3 is 0 Å². The van der Waals surface area contributed by atoms with Crippen molar-refractivity contribution >= 4 is 0 Å². The smallest absolute Gasteiger partial charge is 0.129 e. The van der Waals surface area contributed by atoms with Crippen molar-refractivity contribution in [3.63, 3.8) is 0 Å². The molecule has 3 nitrogen and oxygen atoms in total. The Kier molecular flexibility index (Phi) is 4.00. The molecule has 0 aliphatic carbocycles. The monoisotopic (exact) mass is 261 g/mol. The van der Waals surface area contributed by atoms with Crippen molar-refractivity contribution in [2.45, 2.75) is 33.9 Å². The third-order valence-electron chi connectivity index (χ3n) is 3.26. The van der Waals surface area contributed by atoms with Crippen LogP contribution >= 0.6 is 0 Å². The highest BCUT2D eigenvalue weighted by Crippen LogP contribution is 2.14. The maximum Gasteiger partial charge on any atom is 0.129 e. The summed E-state index contributed by atoms with van der Waals surface area (Å²) in [5.41, 5.74) is 4.75. The van der Waals surface area contributed by atoms with E-state index in [9.17, 15) is 4.39 Å². The predicted octanol–water partition coefficient (Wildman–Crippen LogP) is 2.77. The van der Waals surface area contributed by atoms with E-state index in [-0.39, 0.29) is 5.82 Å². The lowest BCUT2D eigenvalue weighted by atomic mass is 10.1. The third-order valence-corrected chi connectivity index (χ3v) is 3.26. The van der Waals surface area contributed by atoms with Crippen LogP contribution in [-0.4, -0.2) is 9.78 Å². The Morgan fingerprint density at radius 3 is 2.32 bits per heavy atom. The molecular formula is C15H20FN3. The van der Waals surface area contributed by atoms with Gasteiger partial charge in [-0.2, -0.15) is 5.10 Å². The molecule has 0 saturated heterocycles. The number of benzene rings is 1. The van der Waals surface area contributed by atoms with Gasteiger partial charge in [0.15, 0.2) is 0 Å². The Morgan fingerprint density at radius 1 is 1.16 bits per heavy atom. The van der Waals surface area contributed by atoms with Crippen molar-refractivity contribution in [1.29, 1.82) is 0 Å². The lowest BCUT2D eigenvalue weighted by Gasteiger charge is -2.08. The van der Waals surface area contributed by atoms with Gasteiger partial charge in [-0.05, 0) is 37.5 Å². The summed E-state index contributed by atoms with van der Waals surface area (Å²) in [7, 11) is 1.92. The van der Waals surface area contributed by atoms with E-state index in [2.05, 4.69) is 10.4 Å². The van der Waals surface area contributed by atoms with Gasteiger partial charge in [-0.1, -0.05) is 12.1 Å². The Hall–Kier alpha value is -1.68. The molecule has 0 aliphatic heterocycles. The van der Waals surface area contributed by atoms with E-state index in [0.29, 0.717) is 11.1 Å². The van der Waals surface area contributed by atoms with E-state index >= 15 is 0 Å². The Morgan fingerprint density at radius 2 is 1.79 bits per heavy atom. The summed E-state index contributed by atoms with van der Waals surface area (Å²) in [6, 6.07) is 3.79. The summed E-state index contributed by atoms with van der Waals surface area (Å²) >= 11 is 0. The molecule has 0 amide bonds. The van der Waals surface area contributed by atoms with Gasteiger partial charge in [0, 0.05) is 31.9 Å². The minimum absolute atomic E-state index is 0.105. The minimum Gasteiger partial charge on any atom is -0.308 e. The van der Waals surface area contributed by atoms with Crippen molar-refractivity contribution in [1.82, 2.24) is 15.1 Å². The van der Waals surface area contributed by atoms with Crippen LogP contribution < -0.4 is 5.32 Å². The molecule has 0 saturated carbocycles. The number of nitrogens with zero attached hydrogens (tertiary/aromatic N) is 2. The van der Waals surface area contributed by atoms with Crippen LogP contribution in [0.15, 0.2) is 18.3 Å². The first-order valence-corrected chi connectivity index (χ1v) is 6.43. The zero-order chi connectivity index (χ0) is 14.0. The van der Waals surface area contributed by atoms with Gasteiger partial charge in [0.2, 0.25) is 0 Å². The molecule has 0 radical (unpaired) electrons. The van der Waals surface area contributed by atoms with E-state index in [1.165, 1.54) is 5.56 Å².